The number of benzene rings is 2. The van der Waals surface area contributed by atoms with E-state index < -0.39 is 6.04 Å². The Morgan fingerprint density at radius 3 is 2.48 bits per heavy atom. The molecule has 0 fully saturated rings. The number of amides is 2. The van der Waals surface area contributed by atoms with Crippen LogP contribution in [0.5, 0.6) is 5.75 Å². The standard InChI is InChI=1S/C20H23FN2O3S/c1-27-12-11-18(20(25)22-13-15-7-9-16(21)10-8-15)23-19(24)14-26-17-5-3-2-4-6-17/h2-10,18H,11-14H2,1H3,(H,22,25)(H,23,24)/t18-/m0/s1. The van der Waals surface area contributed by atoms with Crippen molar-refractivity contribution in [2.45, 2.75) is 19.0 Å². The lowest BCUT2D eigenvalue weighted by atomic mass is 10.2. The Balaban J connectivity index is 1.85. The highest BCUT2D eigenvalue weighted by molar-refractivity contribution is 7.98. The molecule has 2 N–H and O–H groups in total. The van der Waals surface area contributed by atoms with Gasteiger partial charge in [0.15, 0.2) is 6.61 Å². The number of carbonyl (C=O) groups excluding carboxylic acids is 2. The molecule has 0 aliphatic carbocycles. The van der Waals surface area contributed by atoms with Gasteiger partial charge in [0, 0.05) is 6.54 Å². The van der Waals surface area contributed by atoms with Crippen LogP contribution in [0, 0.1) is 5.82 Å². The highest BCUT2D eigenvalue weighted by atomic mass is 32.2. The second kappa shape index (κ2) is 11.2. The Bertz CT molecular complexity index is 726. The summed E-state index contributed by atoms with van der Waals surface area (Å²) in [5.74, 6) is 0.361. The predicted molar refractivity (Wildman–Crippen MR) is 105 cm³/mol. The summed E-state index contributed by atoms with van der Waals surface area (Å²) in [6.07, 6.45) is 2.45. The predicted octanol–water partition coefficient (Wildman–Crippen LogP) is 2.76. The molecule has 0 spiro atoms. The minimum atomic E-state index is -0.648. The third-order valence-electron chi connectivity index (χ3n) is 3.76. The molecule has 1 atom stereocenters. The number of rotatable bonds is 10. The third kappa shape index (κ3) is 7.70. The molecule has 27 heavy (non-hydrogen) atoms. The van der Waals surface area contributed by atoms with Gasteiger partial charge in [-0.1, -0.05) is 30.3 Å². The van der Waals surface area contributed by atoms with Crippen molar-refractivity contribution in [3.05, 3.63) is 66.0 Å². The molecule has 2 aromatic rings. The van der Waals surface area contributed by atoms with Crippen molar-refractivity contribution in [3.8, 4) is 5.75 Å². The molecule has 2 aromatic carbocycles. The lowest BCUT2D eigenvalue weighted by Crippen LogP contribution is -2.48. The first-order chi connectivity index (χ1) is 13.1. The summed E-state index contributed by atoms with van der Waals surface area (Å²) in [6, 6.07) is 14.3. The van der Waals surface area contributed by atoms with Crippen molar-refractivity contribution < 1.29 is 18.7 Å². The number of carbonyl (C=O) groups is 2. The fourth-order valence-corrected chi connectivity index (χ4v) is 2.79. The van der Waals surface area contributed by atoms with E-state index in [1.807, 2.05) is 24.5 Å². The van der Waals surface area contributed by atoms with E-state index in [9.17, 15) is 14.0 Å². The van der Waals surface area contributed by atoms with Crippen molar-refractivity contribution in [1.29, 1.82) is 0 Å². The maximum absolute atomic E-state index is 12.9. The van der Waals surface area contributed by atoms with Gasteiger partial charge in [-0.2, -0.15) is 11.8 Å². The van der Waals surface area contributed by atoms with Crippen LogP contribution in [-0.2, 0) is 16.1 Å². The molecule has 7 heteroatoms. The van der Waals surface area contributed by atoms with Crippen molar-refractivity contribution in [2.75, 3.05) is 18.6 Å². The largest absolute Gasteiger partial charge is 0.484 e. The number of halogens is 1. The topological polar surface area (TPSA) is 67.4 Å². The summed E-state index contributed by atoms with van der Waals surface area (Å²) in [7, 11) is 0. The second-order valence-electron chi connectivity index (χ2n) is 5.85. The molecule has 0 aliphatic rings. The van der Waals surface area contributed by atoms with E-state index in [1.165, 1.54) is 12.1 Å². The average molecular weight is 390 g/mol. The fraction of sp³-hybridized carbons (Fsp3) is 0.300. The van der Waals surface area contributed by atoms with Crippen LogP contribution in [0.25, 0.3) is 0 Å². The van der Waals surface area contributed by atoms with Crippen LogP contribution >= 0.6 is 11.8 Å². The molecule has 0 aromatic heterocycles. The quantitative estimate of drug-likeness (QED) is 0.655. The monoisotopic (exact) mass is 390 g/mol. The molecule has 144 valence electrons. The maximum atomic E-state index is 12.9. The molecule has 0 aliphatic heterocycles. The zero-order valence-corrected chi connectivity index (χ0v) is 15.9. The van der Waals surface area contributed by atoms with Gasteiger partial charge in [0.2, 0.25) is 5.91 Å². The maximum Gasteiger partial charge on any atom is 0.258 e. The molecule has 0 radical (unpaired) electrons. The number of ether oxygens (including phenoxy) is 1. The molecule has 0 bridgehead atoms. The van der Waals surface area contributed by atoms with Gasteiger partial charge in [0.05, 0.1) is 0 Å². The molecule has 0 heterocycles. The van der Waals surface area contributed by atoms with Gasteiger partial charge >= 0.3 is 0 Å². The van der Waals surface area contributed by atoms with Gasteiger partial charge in [0.1, 0.15) is 17.6 Å². The van der Waals surface area contributed by atoms with E-state index in [1.54, 1.807) is 36.0 Å². The molecule has 0 unspecified atom stereocenters. The van der Waals surface area contributed by atoms with Crippen molar-refractivity contribution >= 4 is 23.6 Å². The van der Waals surface area contributed by atoms with Crippen LogP contribution in [0.2, 0.25) is 0 Å². The van der Waals surface area contributed by atoms with E-state index in [0.717, 1.165) is 11.3 Å². The first-order valence-corrected chi connectivity index (χ1v) is 9.96. The highest BCUT2D eigenvalue weighted by Gasteiger charge is 2.20. The summed E-state index contributed by atoms with van der Waals surface area (Å²) < 4.78 is 18.4. The normalized spacial score (nSPS) is 11.5. The molecular formula is C20H23FN2O3S. The number of hydrogen-bond acceptors (Lipinski definition) is 4. The van der Waals surface area contributed by atoms with Crippen molar-refractivity contribution in [3.63, 3.8) is 0 Å². The van der Waals surface area contributed by atoms with E-state index in [0.29, 0.717) is 12.2 Å². The third-order valence-corrected chi connectivity index (χ3v) is 4.40. The number of para-hydroxylation sites is 1. The van der Waals surface area contributed by atoms with Gasteiger partial charge < -0.3 is 15.4 Å². The lowest BCUT2D eigenvalue weighted by Gasteiger charge is -2.18. The molecule has 2 amide bonds. The van der Waals surface area contributed by atoms with Crippen LogP contribution in [0.4, 0.5) is 4.39 Å². The SMILES string of the molecule is CSCC[C@H](NC(=O)COc1ccccc1)C(=O)NCc1ccc(F)cc1. The van der Waals surface area contributed by atoms with Crippen LogP contribution in [-0.4, -0.2) is 36.5 Å². The van der Waals surface area contributed by atoms with E-state index in [2.05, 4.69) is 10.6 Å². The Morgan fingerprint density at radius 2 is 1.81 bits per heavy atom. The Kier molecular flexibility index (Phi) is 8.64. The van der Waals surface area contributed by atoms with E-state index >= 15 is 0 Å². The molecule has 0 saturated carbocycles. The van der Waals surface area contributed by atoms with Crippen molar-refractivity contribution in [2.24, 2.45) is 0 Å². The Labute approximate surface area is 162 Å². The lowest BCUT2D eigenvalue weighted by molar-refractivity contribution is -0.130. The fourth-order valence-electron chi connectivity index (χ4n) is 2.32. The molecule has 0 saturated heterocycles. The van der Waals surface area contributed by atoms with Gasteiger partial charge in [-0.25, -0.2) is 4.39 Å². The number of hydrogen-bond donors (Lipinski definition) is 2. The number of thioether (sulfide) groups is 1. The Morgan fingerprint density at radius 1 is 1.11 bits per heavy atom. The van der Waals surface area contributed by atoms with Crippen molar-refractivity contribution in [1.82, 2.24) is 10.6 Å². The zero-order chi connectivity index (χ0) is 19.5. The summed E-state index contributed by atoms with van der Waals surface area (Å²) >= 11 is 1.60. The minimum absolute atomic E-state index is 0.162. The van der Waals surface area contributed by atoms with Gasteiger partial charge in [-0.05, 0) is 48.3 Å². The summed E-state index contributed by atoms with van der Waals surface area (Å²) in [6.45, 7) is 0.107. The highest BCUT2D eigenvalue weighted by Crippen LogP contribution is 2.08. The smallest absolute Gasteiger partial charge is 0.258 e. The van der Waals surface area contributed by atoms with Crippen LogP contribution in [0.15, 0.2) is 54.6 Å². The van der Waals surface area contributed by atoms with Crippen LogP contribution in [0.3, 0.4) is 0 Å². The summed E-state index contributed by atoms with van der Waals surface area (Å²) in [5.41, 5.74) is 0.784. The van der Waals surface area contributed by atoms with Gasteiger partial charge in [-0.15, -0.1) is 0 Å². The van der Waals surface area contributed by atoms with Crippen LogP contribution < -0.4 is 15.4 Å². The second-order valence-corrected chi connectivity index (χ2v) is 6.83. The van der Waals surface area contributed by atoms with Gasteiger partial charge in [0.25, 0.3) is 5.91 Å². The zero-order valence-electron chi connectivity index (χ0n) is 15.1. The Hall–Kier alpha value is -2.54. The molecule has 2 rings (SSSR count). The first kappa shape index (κ1) is 20.8. The summed E-state index contributed by atoms with van der Waals surface area (Å²) in [4.78, 5) is 24.6. The average Bonchev–Trinajstić information content (AvgIpc) is 2.69. The van der Waals surface area contributed by atoms with Gasteiger partial charge in [-0.3, -0.25) is 9.59 Å². The molecule has 5 nitrogen and oxygen atoms in total. The summed E-state index contributed by atoms with van der Waals surface area (Å²) in [5, 5.41) is 5.50. The number of nitrogens with one attached hydrogen (secondary N) is 2. The minimum Gasteiger partial charge on any atom is -0.484 e. The van der Waals surface area contributed by atoms with E-state index in [-0.39, 0.29) is 30.8 Å². The first-order valence-electron chi connectivity index (χ1n) is 8.57. The van der Waals surface area contributed by atoms with Crippen LogP contribution in [0.1, 0.15) is 12.0 Å². The molecular weight excluding hydrogens is 367 g/mol. The van der Waals surface area contributed by atoms with E-state index in [4.69, 9.17) is 4.74 Å².